The van der Waals surface area contributed by atoms with Gasteiger partial charge in [-0.25, -0.2) is 0 Å². The maximum atomic E-state index is 12.6. The molecule has 1 aromatic carbocycles. The molecule has 7 heteroatoms. The van der Waals surface area contributed by atoms with Gasteiger partial charge in [0, 0.05) is 50.6 Å². The minimum absolute atomic E-state index is 0.0209. The van der Waals surface area contributed by atoms with E-state index >= 15 is 0 Å². The zero-order valence-electron chi connectivity index (χ0n) is 15.1. The van der Waals surface area contributed by atoms with E-state index in [1.54, 1.807) is 4.90 Å². The minimum Gasteiger partial charge on any atom is -0.368 e. The Bertz CT molecular complexity index is 858. The molecule has 2 N–H and O–H groups in total. The summed E-state index contributed by atoms with van der Waals surface area (Å²) in [4.78, 5) is 39.0. The number of hydrogen-bond donors (Lipinski definition) is 1. The topological polar surface area (TPSA) is 88.6 Å². The molecule has 26 heavy (non-hydrogen) atoms. The van der Waals surface area contributed by atoms with E-state index in [0.717, 1.165) is 16.5 Å². The molecule has 1 fully saturated rings. The van der Waals surface area contributed by atoms with Gasteiger partial charge in [-0.05, 0) is 18.1 Å². The molecule has 1 saturated heterocycles. The molecule has 3 amide bonds. The second kappa shape index (κ2) is 7.19. The minimum atomic E-state index is -0.747. The lowest BCUT2D eigenvalue weighted by Crippen LogP contribution is -2.60. The van der Waals surface area contributed by atoms with Gasteiger partial charge in [-0.3, -0.25) is 14.4 Å². The first-order valence-electron chi connectivity index (χ1n) is 8.75. The van der Waals surface area contributed by atoms with E-state index in [2.05, 4.69) is 22.9 Å². The van der Waals surface area contributed by atoms with E-state index in [4.69, 9.17) is 5.73 Å². The first-order chi connectivity index (χ1) is 12.4. The molecule has 7 nitrogen and oxygen atoms in total. The fourth-order valence-corrected chi connectivity index (χ4v) is 3.65. The summed E-state index contributed by atoms with van der Waals surface area (Å²) >= 11 is 0. The zero-order valence-corrected chi connectivity index (χ0v) is 15.1. The quantitative estimate of drug-likeness (QED) is 0.873. The average Bonchev–Trinajstić information content (AvgIpc) is 2.95. The Kier molecular flexibility index (Phi) is 4.97. The number of carbonyl (C=O) groups excluding carboxylic acids is 3. The van der Waals surface area contributed by atoms with Crippen molar-refractivity contribution < 1.29 is 14.4 Å². The van der Waals surface area contributed by atoms with Crippen LogP contribution in [0.3, 0.4) is 0 Å². The Morgan fingerprint density at radius 3 is 2.62 bits per heavy atom. The number of hydrogen-bond acceptors (Lipinski definition) is 3. The Hall–Kier alpha value is -2.83. The molecule has 2 aromatic rings. The number of nitrogens with two attached hydrogens (primary N) is 1. The highest BCUT2D eigenvalue weighted by Gasteiger charge is 2.34. The highest BCUT2D eigenvalue weighted by molar-refractivity contribution is 5.88. The summed E-state index contributed by atoms with van der Waals surface area (Å²) in [7, 11) is 1.99. The summed E-state index contributed by atoms with van der Waals surface area (Å²) in [5, 5.41) is 1.15. The van der Waals surface area contributed by atoms with Gasteiger partial charge in [-0.1, -0.05) is 18.2 Å². The molecule has 1 aliphatic heterocycles. The smallest absolute Gasteiger partial charge is 0.242 e. The van der Waals surface area contributed by atoms with Crippen molar-refractivity contribution in [3.63, 3.8) is 0 Å². The van der Waals surface area contributed by atoms with E-state index in [1.165, 1.54) is 11.8 Å². The van der Waals surface area contributed by atoms with Crippen LogP contribution in [0.25, 0.3) is 10.9 Å². The van der Waals surface area contributed by atoms with Crippen LogP contribution < -0.4 is 5.73 Å². The van der Waals surface area contributed by atoms with Gasteiger partial charge >= 0.3 is 0 Å². The molecule has 0 spiro atoms. The Morgan fingerprint density at radius 1 is 1.19 bits per heavy atom. The van der Waals surface area contributed by atoms with Crippen molar-refractivity contribution in [3.05, 3.63) is 36.0 Å². The van der Waals surface area contributed by atoms with Gasteiger partial charge in [0.1, 0.15) is 6.04 Å². The molecule has 0 saturated carbocycles. The van der Waals surface area contributed by atoms with Crippen molar-refractivity contribution in [2.45, 2.75) is 25.8 Å². The molecule has 0 radical (unpaired) electrons. The number of aryl methyl sites for hydroxylation is 2. The number of carbonyl (C=O) groups is 3. The summed E-state index contributed by atoms with van der Waals surface area (Å²) in [5.74, 6) is -0.796. The normalized spacial score (nSPS) is 17.5. The first kappa shape index (κ1) is 18.0. The predicted molar refractivity (Wildman–Crippen MR) is 98.2 cm³/mol. The SMILES string of the molecule is CC(=O)N1CCN(C(=O)CCc2cn(C)c3ccccc23)C[C@H]1C(N)=O. The van der Waals surface area contributed by atoms with Gasteiger partial charge in [-0.15, -0.1) is 0 Å². The van der Waals surface area contributed by atoms with Crippen LogP contribution in [0.1, 0.15) is 18.9 Å². The fraction of sp³-hybridized carbons (Fsp3) is 0.421. The third-order valence-corrected chi connectivity index (χ3v) is 5.05. The van der Waals surface area contributed by atoms with Crippen LogP contribution in [0.2, 0.25) is 0 Å². The number of benzene rings is 1. The van der Waals surface area contributed by atoms with Crippen LogP contribution in [0.15, 0.2) is 30.5 Å². The van der Waals surface area contributed by atoms with E-state index in [0.29, 0.717) is 25.9 Å². The van der Waals surface area contributed by atoms with Crippen LogP contribution in [0.4, 0.5) is 0 Å². The number of para-hydroxylation sites is 1. The second-order valence-corrected chi connectivity index (χ2v) is 6.75. The predicted octanol–water partition coefficient (Wildman–Crippen LogP) is 0.655. The van der Waals surface area contributed by atoms with Crippen molar-refractivity contribution in [1.29, 1.82) is 0 Å². The average molecular weight is 356 g/mol. The molecular weight excluding hydrogens is 332 g/mol. The van der Waals surface area contributed by atoms with E-state index in [1.807, 2.05) is 19.2 Å². The maximum Gasteiger partial charge on any atom is 0.242 e. The van der Waals surface area contributed by atoms with Crippen LogP contribution in [-0.4, -0.2) is 57.8 Å². The molecule has 3 rings (SSSR count). The number of nitrogens with zero attached hydrogens (tertiary/aromatic N) is 3. The van der Waals surface area contributed by atoms with Crippen LogP contribution >= 0.6 is 0 Å². The molecule has 0 unspecified atom stereocenters. The highest BCUT2D eigenvalue weighted by atomic mass is 16.2. The summed E-state index contributed by atoms with van der Waals surface area (Å²) in [5.41, 5.74) is 7.68. The number of amides is 3. The summed E-state index contributed by atoms with van der Waals surface area (Å²) in [6.45, 7) is 2.35. The lowest BCUT2D eigenvalue weighted by molar-refractivity contribution is -0.146. The summed E-state index contributed by atoms with van der Waals surface area (Å²) in [6, 6.07) is 7.35. The van der Waals surface area contributed by atoms with Gasteiger partial charge in [0.25, 0.3) is 0 Å². The van der Waals surface area contributed by atoms with Crippen molar-refractivity contribution >= 4 is 28.6 Å². The van der Waals surface area contributed by atoms with Gasteiger partial charge in [0.15, 0.2) is 0 Å². The number of rotatable bonds is 4. The summed E-state index contributed by atoms with van der Waals surface area (Å²) in [6.07, 6.45) is 3.05. The van der Waals surface area contributed by atoms with E-state index in [9.17, 15) is 14.4 Å². The second-order valence-electron chi connectivity index (χ2n) is 6.75. The van der Waals surface area contributed by atoms with E-state index < -0.39 is 11.9 Å². The molecule has 2 heterocycles. The van der Waals surface area contributed by atoms with Crippen LogP contribution in [0, 0.1) is 0 Å². The lowest BCUT2D eigenvalue weighted by atomic mass is 10.1. The van der Waals surface area contributed by atoms with Gasteiger partial charge in [0.2, 0.25) is 17.7 Å². The third kappa shape index (κ3) is 3.42. The maximum absolute atomic E-state index is 12.6. The van der Waals surface area contributed by atoms with Gasteiger partial charge < -0.3 is 20.1 Å². The van der Waals surface area contributed by atoms with Gasteiger partial charge in [0.05, 0.1) is 6.54 Å². The third-order valence-electron chi connectivity index (χ3n) is 5.05. The van der Waals surface area contributed by atoms with Crippen molar-refractivity contribution in [2.24, 2.45) is 12.8 Å². The number of primary amides is 1. The van der Waals surface area contributed by atoms with Crippen molar-refractivity contribution in [2.75, 3.05) is 19.6 Å². The van der Waals surface area contributed by atoms with Crippen molar-refractivity contribution in [3.8, 4) is 0 Å². The monoisotopic (exact) mass is 356 g/mol. The molecule has 1 aromatic heterocycles. The molecular formula is C19H24N4O3. The molecule has 0 aliphatic carbocycles. The molecule has 1 atom stereocenters. The number of fused-ring (bicyclic) bond motifs is 1. The Morgan fingerprint density at radius 2 is 1.92 bits per heavy atom. The fourth-order valence-electron chi connectivity index (χ4n) is 3.65. The molecule has 138 valence electrons. The molecule has 0 bridgehead atoms. The number of piperazine rings is 1. The lowest BCUT2D eigenvalue weighted by Gasteiger charge is -2.39. The Labute approximate surface area is 152 Å². The van der Waals surface area contributed by atoms with Gasteiger partial charge in [-0.2, -0.15) is 0 Å². The number of aromatic nitrogens is 1. The van der Waals surface area contributed by atoms with Crippen molar-refractivity contribution in [1.82, 2.24) is 14.4 Å². The Balaban J connectivity index is 1.66. The highest BCUT2D eigenvalue weighted by Crippen LogP contribution is 2.22. The molecule has 1 aliphatic rings. The van der Waals surface area contributed by atoms with Crippen LogP contribution in [-0.2, 0) is 27.9 Å². The summed E-state index contributed by atoms with van der Waals surface area (Å²) < 4.78 is 2.06. The zero-order chi connectivity index (χ0) is 18.8. The standard InChI is InChI=1S/C19H24N4O3/c1-13(24)23-10-9-22(12-17(23)19(20)26)18(25)8-7-14-11-21(2)16-6-4-3-5-15(14)16/h3-6,11,17H,7-10,12H2,1-2H3,(H2,20,26)/t17-/m0/s1. The van der Waals surface area contributed by atoms with Crippen LogP contribution in [0.5, 0.6) is 0 Å². The first-order valence-corrected chi connectivity index (χ1v) is 8.75. The van der Waals surface area contributed by atoms with E-state index in [-0.39, 0.29) is 18.4 Å². The largest absolute Gasteiger partial charge is 0.368 e.